The van der Waals surface area contributed by atoms with Crippen molar-refractivity contribution in [1.29, 1.82) is 0 Å². The average molecular weight is 242 g/mol. The Labute approximate surface area is 95.0 Å². The molecule has 0 aliphatic heterocycles. The van der Waals surface area contributed by atoms with E-state index in [1.165, 1.54) is 0 Å². The highest BCUT2D eigenvalue weighted by molar-refractivity contribution is 6.92. The van der Waals surface area contributed by atoms with Gasteiger partial charge >= 0.3 is 0 Å². The number of allylic oxidation sites excluding steroid dienone is 2. The number of ether oxygens (including phenoxy) is 1. The first-order chi connectivity index (χ1) is 6.64. The molecule has 0 rings (SSSR count). The molecule has 0 aliphatic carbocycles. The van der Waals surface area contributed by atoms with E-state index in [2.05, 4.69) is 45.2 Å². The number of methoxy groups -OCH3 is 1. The summed E-state index contributed by atoms with van der Waals surface area (Å²) < 4.78 is 5.10. The number of carbonyl (C=O) groups excluding carboxylic acids is 1. The fraction of sp³-hybridized carbons (Fsp3) is 0.636. The second-order valence-corrected chi connectivity index (χ2v) is 15.8. The third-order valence-electron chi connectivity index (χ3n) is 2.17. The van der Waals surface area contributed by atoms with Crippen LogP contribution in [0.5, 0.6) is 0 Å². The lowest BCUT2D eigenvalue weighted by atomic mass is 10.6. The molecule has 4 heteroatoms. The van der Waals surface area contributed by atoms with Gasteiger partial charge in [-0.3, -0.25) is 0 Å². The van der Waals surface area contributed by atoms with Crippen molar-refractivity contribution in [3.8, 4) is 0 Å². The second-order valence-electron chi connectivity index (χ2n) is 5.74. The van der Waals surface area contributed by atoms with Crippen LogP contribution in [0.15, 0.2) is 16.7 Å². The molecule has 0 aromatic heterocycles. The maximum absolute atomic E-state index is 11.1. The van der Waals surface area contributed by atoms with Crippen LogP contribution in [0.1, 0.15) is 0 Å². The first-order valence-electron chi connectivity index (χ1n) is 5.14. The third kappa shape index (κ3) is 4.20. The molecule has 0 N–H and O–H groups in total. The van der Waals surface area contributed by atoms with Crippen LogP contribution in [0.3, 0.4) is 0 Å². The van der Waals surface area contributed by atoms with Crippen LogP contribution >= 0.6 is 0 Å². The molecule has 0 unspecified atom stereocenters. The van der Waals surface area contributed by atoms with Crippen molar-refractivity contribution in [2.75, 3.05) is 7.11 Å². The van der Waals surface area contributed by atoms with Gasteiger partial charge in [-0.1, -0.05) is 39.3 Å². The van der Waals surface area contributed by atoms with E-state index in [1.807, 2.05) is 0 Å². The SMILES string of the molecule is COC=C(C(=C=O)[Si](C)(C)C)[Si](C)(C)C. The van der Waals surface area contributed by atoms with Gasteiger partial charge in [0.15, 0.2) is 0 Å². The Morgan fingerprint density at radius 3 is 1.73 bits per heavy atom. The smallest absolute Gasteiger partial charge is 0.123 e. The molecule has 0 spiro atoms. The van der Waals surface area contributed by atoms with E-state index >= 15 is 0 Å². The number of hydrogen-bond acceptors (Lipinski definition) is 2. The van der Waals surface area contributed by atoms with E-state index in [4.69, 9.17) is 4.74 Å². The molecule has 0 radical (unpaired) electrons. The highest BCUT2D eigenvalue weighted by atomic mass is 28.3. The Morgan fingerprint density at radius 2 is 1.53 bits per heavy atom. The summed E-state index contributed by atoms with van der Waals surface area (Å²) in [6, 6.07) is 0. The van der Waals surface area contributed by atoms with Crippen molar-refractivity contribution in [3.05, 3.63) is 16.7 Å². The van der Waals surface area contributed by atoms with Crippen LogP contribution in [0.4, 0.5) is 0 Å². The van der Waals surface area contributed by atoms with Gasteiger partial charge in [0.25, 0.3) is 0 Å². The van der Waals surface area contributed by atoms with E-state index in [0.717, 1.165) is 10.4 Å². The summed E-state index contributed by atoms with van der Waals surface area (Å²) >= 11 is 0. The predicted octanol–water partition coefficient (Wildman–Crippen LogP) is 3.03. The number of rotatable bonds is 4. The quantitative estimate of drug-likeness (QED) is 0.328. The maximum atomic E-state index is 11.1. The summed E-state index contributed by atoms with van der Waals surface area (Å²) in [5.74, 6) is 2.15. The molecular formula is C11H22O2Si2. The lowest BCUT2D eigenvalue weighted by molar-refractivity contribution is 0.336. The zero-order valence-electron chi connectivity index (χ0n) is 10.9. The van der Waals surface area contributed by atoms with Crippen molar-refractivity contribution in [2.24, 2.45) is 0 Å². The fourth-order valence-corrected chi connectivity index (χ4v) is 6.04. The predicted molar refractivity (Wildman–Crippen MR) is 71.0 cm³/mol. The molecule has 0 heterocycles. The third-order valence-corrected chi connectivity index (χ3v) is 6.27. The van der Waals surface area contributed by atoms with Gasteiger partial charge in [0.2, 0.25) is 0 Å². The van der Waals surface area contributed by atoms with E-state index in [0.29, 0.717) is 0 Å². The topological polar surface area (TPSA) is 26.3 Å². The Kier molecular flexibility index (Phi) is 4.78. The second kappa shape index (κ2) is 4.97. The monoisotopic (exact) mass is 242 g/mol. The van der Waals surface area contributed by atoms with Crippen LogP contribution in [0.2, 0.25) is 39.3 Å². The van der Waals surface area contributed by atoms with Gasteiger partial charge in [-0.15, -0.1) is 0 Å². The molecule has 0 atom stereocenters. The zero-order valence-corrected chi connectivity index (χ0v) is 12.9. The lowest BCUT2D eigenvalue weighted by Gasteiger charge is -2.27. The maximum Gasteiger partial charge on any atom is 0.123 e. The molecule has 0 amide bonds. The minimum Gasteiger partial charge on any atom is -0.504 e. The summed E-state index contributed by atoms with van der Waals surface area (Å²) in [6.07, 6.45) is 1.74. The Balaban J connectivity index is 5.48. The van der Waals surface area contributed by atoms with E-state index < -0.39 is 16.1 Å². The van der Waals surface area contributed by atoms with E-state index in [1.54, 1.807) is 13.4 Å². The van der Waals surface area contributed by atoms with Crippen molar-refractivity contribution < 1.29 is 9.53 Å². The largest absolute Gasteiger partial charge is 0.504 e. The molecule has 0 aliphatic rings. The highest BCUT2D eigenvalue weighted by Gasteiger charge is 2.32. The van der Waals surface area contributed by atoms with Crippen LogP contribution in [-0.2, 0) is 9.53 Å². The summed E-state index contributed by atoms with van der Waals surface area (Å²) in [4.78, 5) is 11.1. The normalized spacial score (nSPS) is 13.4. The first kappa shape index (κ1) is 14.4. The van der Waals surface area contributed by atoms with Crippen LogP contribution in [-0.4, -0.2) is 29.2 Å². The number of hydrogen-bond donors (Lipinski definition) is 0. The minimum atomic E-state index is -1.62. The minimum absolute atomic E-state index is 0.878. The van der Waals surface area contributed by atoms with Crippen molar-refractivity contribution in [1.82, 2.24) is 0 Å². The Morgan fingerprint density at radius 1 is 1.07 bits per heavy atom. The van der Waals surface area contributed by atoms with Gasteiger partial charge < -0.3 is 4.74 Å². The molecule has 15 heavy (non-hydrogen) atoms. The summed E-state index contributed by atoms with van der Waals surface area (Å²) in [7, 11) is -1.52. The molecule has 0 saturated carbocycles. The van der Waals surface area contributed by atoms with Crippen LogP contribution in [0, 0.1) is 0 Å². The van der Waals surface area contributed by atoms with Crippen molar-refractivity contribution >= 4 is 22.1 Å². The summed E-state index contributed by atoms with van der Waals surface area (Å²) in [5.41, 5.74) is 0. The lowest BCUT2D eigenvalue weighted by Crippen LogP contribution is -2.35. The van der Waals surface area contributed by atoms with Gasteiger partial charge in [-0.05, 0) is 5.20 Å². The standard InChI is InChI=1S/C11H22O2Si2/c1-13-9-11(15(5,6)7)10(8-12)14(2,3)4/h9H,1-7H3. The Bertz CT molecular complexity index is 300. The summed E-state index contributed by atoms with van der Waals surface area (Å²) in [5, 5.41) is 1.99. The molecule has 0 aromatic carbocycles. The van der Waals surface area contributed by atoms with Gasteiger partial charge in [0, 0.05) is 5.20 Å². The Hall–Kier alpha value is -0.576. The van der Waals surface area contributed by atoms with Crippen molar-refractivity contribution in [2.45, 2.75) is 39.3 Å². The van der Waals surface area contributed by atoms with Crippen LogP contribution in [0.25, 0.3) is 0 Å². The summed E-state index contributed by atoms with van der Waals surface area (Å²) in [6.45, 7) is 13.1. The van der Waals surface area contributed by atoms with E-state index in [9.17, 15) is 4.79 Å². The molecule has 0 fully saturated rings. The highest BCUT2D eigenvalue weighted by Crippen LogP contribution is 2.27. The molecule has 86 valence electrons. The first-order valence-corrected chi connectivity index (χ1v) is 12.1. The molecule has 2 nitrogen and oxygen atoms in total. The fourth-order valence-electron chi connectivity index (χ4n) is 1.34. The van der Waals surface area contributed by atoms with Gasteiger partial charge in [-0.2, -0.15) is 0 Å². The molecular weight excluding hydrogens is 220 g/mol. The van der Waals surface area contributed by atoms with E-state index in [-0.39, 0.29) is 0 Å². The average Bonchev–Trinajstić information content (AvgIpc) is 2.00. The van der Waals surface area contributed by atoms with Crippen LogP contribution < -0.4 is 0 Å². The molecule has 0 aromatic rings. The zero-order chi connectivity index (χ0) is 12.3. The molecule has 0 saturated heterocycles. The molecule has 0 bridgehead atoms. The van der Waals surface area contributed by atoms with Gasteiger partial charge in [0.05, 0.1) is 29.5 Å². The van der Waals surface area contributed by atoms with Crippen molar-refractivity contribution in [3.63, 3.8) is 0 Å². The van der Waals surface area contributed by atoms with Gasteiger partial charge in [0.1, 0.15) is 5.94 Å². The van der Waals surface area contributed by atoms with Gasteiger partial charge in [-0.25, -0.2) is 4.79 Å².